The van der Waals surface area contributed by atoms with Crippen LogP contribution in [0, 0.1) is 0 Å². The van der Waals surface area contributed by atoms with Gasteiger partial charge in [0.15, 0.2) is 0 Å². The molecule has 2 N–H and O–H groups in total. The molecule has 0 radical (unpaired) electrons. The van der Waals surface area contributed by atoms with Gasteiger partial charge in [-0.05, 0) is 23.8 Å². The van der Waals surface area contributed by atoms with Crippen molar-refractivity contribution in [2.45, 2.75) is 0 Å². The van der Waals surface area contributed by atoms with Crippen molar-refractivity contribution < 1.29 is 10.2 Å². The lowest BCUT2D eigenvalue weighted by Gasteiger charge is -1.91. The van der Waals surface area contributed by atoms with Crippen LogP contribution in [-0.4, -0.2) is 10.2 Å². The molecule has 0 spiro atoms. The number of aromatic hydroxyl groups is 2. The van der Waals surface area contributed by atoms with E-state index in [0.29, 0.717) is 0 Å². The molecular weight excluding hydrogens is 152 g/mol. The topological polar surface area (TPSA) is 40.5 Å². The summed E-state index contributed by atoms with van der Waals surface area (Å²) in [5.41, 5.74) is 1.60. The van der Waals surface area contributed by atoms with Crippen LogP contribution in [0.3, 0.4) is 0 Å². The normalized spacial score (nSPS) is 10.3. The van der Waals surface area contributed by atoms with Gasteiger partial charge in [0, 0.05) is 5.56 Å². The monoisotopic (exact) mass is 160 g/mol. The molecule has 0 atom stereocenters. The van der Waals surface area contributed by atoms with Crippen LogP contribution >= 0.6 is 0 Å². The van der Waals surface area contributed by atoms with Crippen LogP contribution in [0.15, 0.2) is 36.4 Å². The Kier molecular flexibility index (Phi) is 1.40. The summed E-state index contributed by atoms with van der Waals surface area (Å²) in [6.07, 6.45) is 0. The second-order valence-corrected chi connectivity index (χ2v) is 2.68. The molecule has 0 aromatic rings. The third-order valence-corrected chi connectivity index (χ3v) is 1.84. The minimum absolute atomic E-state index is 0.204. The van der Waals surface area contributed by atoms with Crippen molar-refractivity contribution in [3.63, 3.8) is 0 Å². The second kappa shape index (κ2) is 2.41. The highest BCUT2D eigenvalue weighted by Gasteiger charge is 2.06. The minimum atomic E-state index is 0.204. The second-order valence-electron chi connectivity index (χ2n) is 2.68. The Labute approximate surface area is 70.1 Å². The third kappa shape index (κ3) is 0.975. The van der Waals surface area contributed by atoms with E-state index in [1.165, 1.54) is 0 Å². The summed E-state index contributed by atoms with van der Waals surface area (Å²) in [6, 6.07) is 10.1. The van der Waals surface area contributed by atoms with Crippen molar-refractivity contribution in [2.75, 3.05) is 0 Å². The van der Waals surface area contributed by atoms with Gasteiger partial charge in [-0.2, -0.15) is 0 Å². The molecule has 0 saturated heterocycles. The predicted octanol–water partition coefficient (Wildman–Crippen LogP) is 2.20. The van der Waals surface area contributed by atoms with Gasteiger partial charge in [-0.3, -0.25) is 0 Å². The fourth-order valence-corrected chi connectivity index (χ4v) is 1.25. The van der Waals surface area contributed by atoms with E-state index in [1.807, 2.05) is 0 Å². The molecule has 2 aliphatic carbocycles. The number of rotatable bonds is 0. The van der Waals surface area contributed by atoms with E-state index in [-0.39, 0.29) is 11.5 Å². The first-order valence-electron chi connectivity index (χ1n) is 3.68. The first kappa shape index (κ1) is 6.98. The zero-order valence-corrected chi connectivity index (χ0v) is 6.36. The highest BCUT2D eigenvalue weighted by atomic mass is 16.3. The van der Waals surface area contributed by atoms with Crippen molar-refractivity contribution in [1.82, 2.24) is 0 Å². The first-order chi connectivity index (χ1) is 5.77. The average Bonchev–Trinajstić information content (AvgIpc) is 2.31. The summed E-state index contributed by atoms with van der Waals surface area (Å²) < 4.78 is 0. The Morgan fingerprint density at radius 2 is 1.75 bits per heavy atom. The van der Waals surface area contributed by atoms with Gasteiger partial charge in [0.25, 0.3) is 0 Å². The Bertz CT molecular complexity index is 382. The molecule has 0 fully saturated rings. The van der Waals surface area contributed by atoms with Crippen LogP contribution in [0.1, 0.15) is 0 Å². The molecular formula is C10H8O2. The molecule has 0 aromatic carbocycles. The Hall–Kier alpha value is -1.70. The van der Waals surface area contributed by atoms with Crippen LogP contribution in [0.25, 0.3) is 11.1 Å². The predicted molar refractivity (Wildman–Crippen MR) is 46.4 cm³/mol. The van der Waals surface area contributed by atoms with Gasteiger partial charge < -0.3 is 10.2 Å². The lowest BCUT2D eigenvalue weighted by Crippen LogP contribution is -1.64. The lowest BCUT2D eigenvalue weighted by atomic mass is 10.2. The average molecular weight is 160 g/mol. The molecule has 0 aliphatic heterocycles. The quantitative estimate of drug-likeness (QED) is 0.620. The minimum Gasteiger partial charge on any atom is -0.508 e. The lowest BCUT2D eigenvalue weighted by molar-refractivity contribution is 0.476. The first-order valence-corrected chi connectivity index (χ1v) is 3.68. The molecule has 2 nitrogen and oxygen atoms in total. The zero-order chi connectivity index (χ0) is 8.55. The van der Waals surface area contributed by atoms with Crippen LogP contribution in [0.5, 0.6) is 11.5 Å². The zero-order valence-electron chi connectivity index (χ0n) is 6.36. The van der Waals surface area contributed by atoms with Crippen molar-refractivity contribution in [1.29, 1.82) is 0 Å². The Morgan fingerprint density at radius 1 is 0.917 bits per heavy atom. The molecule has 2 heteroatoms. The van der Waals surface area contributed by atoms with Crippen LogP contribution in [-0.2, 0) is 0 Å². The van der Waals surface area contributed by atoms with Gasteiger partial charge in [0.2, 0.25) is 0 Å². The van der Waals surface area contributed by atoms with Crippen molar-refractivity contribution >= 4 is 0 Å². The van der Waals surface area contributed by atoms with E-state index in [1.54, 1.807) is 36.4 Å². The van der Waals surface area contributed by atoms with Crippen molar-refractivity contribution in [3.05, 3.63) is 36.4 Å². The van der Waals surface area contributed by atoms with Crippen molar-refractivity contribution in [2.24, 2.45) is 0 Å². The largest absolute Gasteiger partial charge is 0.508 e. The fraction of sp³-hybridized carbons (Fsp3) is 0. The van der Waals surface area contributed by atoms with Crippen LogP contribution < -0.4 is 0 Å². The van der Waals surface area contributed by atoms with E-state index < -0.39 is 0 Å². The summed E-state index contributed by atoms with van der Waals surface area (Å²) in [5, 5.41) is 18.5. The van der Waals surface area contributed by atoms with E-state index in [0.717, 1.165) is 11.1 Å². The molecule has 0 saturated carbocycles. The number of hydrogen-bond donors (Lipinski definition) is 2. The summed E-state index contributed by atoms with van der Waals surface area (Å²) in [7, 11) is 0. The van der Waals surface area contributed by atoms with E-state index in [2.05, 4.69) is 0 Å². The van der Waals surface area contributed by atoms with Gasteiger partial charge in [-0.1, -0.05) is 18.2 Å². The number of fused-ring (bicyclic) bond motifs is 1. The maximum absolute atomic E-state index is 9.33. The molecule has 0 aromatic heterocycles. The SMILES string of the molecule is Oc1cccc2c(O)ccc-2c1. The molecule has 60 valence electrons. The smallest absolute Gasteiger partial charge is 0.123 e. The highest BCUT2D eigenvalue weighted by Crippen LogP contribution is 2.33. The molecule has 0 bridgehead atoms. The standard InChI is InChI=1S/C10H8O2/c11-8-2-1-3-9-7(6-8)4-5-10(9)12/h1-6,11-12H. The Morgan fingerprint density at radius 3 is 2.58 bits per heavy atom. The molecule has 0 unspecified atom stereocenters. The maximum atomic E-state index is 9.33. The summed E-state index contributed by atoms with van der Waals surface area (Å²) in [4.78, 5) is 0. The van der Waals surface area contributed by atoms with E-state index in [9.17, 15) is 10.2 Å². The fourth-order valence-electron chi connectivity index (χ4n) is 1.25. The molecule has 12 heavy (non-hydrogen) atoms. The maximum Gasteiger partial charge on any atom is 0.123 e. The Balaban J connectivity index is 2.74. The number of hydrogen-bond acceptors (Lipinski definition) is 2. The van der Waals surface area contributed by atoms with Crippen molar-refractivity contribution in [3.8, 4) is 22.6 Å². The van der Waals surface area contributed by atoms with Gasteiger partial charge in [0.05, 0.1) is 0 Å². The summed E-state index contributed by atoms with van der Waals surface area (Å²) in [6.45, 7) is 0. The van der Waals surface area contributed by atoms with Gasteiger partial charge in [-0.25, -0.2) is 0 Å². The van der Waals surface area contributed by atoms with Gasteiger partial charge in [0.1, 0.15) is 11.5 Å². The molecule has 2 rings (SSSR count). The van der Waals surface area contributed by atoms with Crippen LogP contribution in [0.2, 0.25) is 0 Å². The van der Waals surface area contributed by atoms with E-state index >= 15 is 0 Å². The molecule has 0 heterocycles. The van der Waals surface area contributed by atoms with E-state index in [4.69, 9.17) is 0 Å². The van der Waals surface area contributed by atoms with Crippen LogP contribution in [0.4, 0.5) is 0 Å². The highest BCUT2D eigenvalue weighted by molar-refractivity contribution is 5.74. The van der Waals surface area contributed by atoms with Gasteiger partial charge >= 0.3 is 0 Å². The third-order valence-electron chi connectivity index (χ3n) is 1.84. The summed E-state index contributed by atoms with van der Waals surface area (Å²) in [5.74, 6) is 0.455. The molecule has 0 amide bonds. The summed E-state index contributed by atoms with van der Waals surface area (Å²) >= 11 is 0. The molecule has 2 aliphatic rings. The van der Waals surface area contributed by atoms with Gasteiger partial charge in [-0.15, -0.1) is 0 Å².